The molecule has 0 aliphatic carbocycles. The van der Waals surface area contributed by atoms with Gasteiger partial charge in [0.2, 0.25) is 0 Å². The lowest BCUT2D eigenvalue weighted by molar-refractivity contribution is -0.145. The van der Waals surface area contributed by atoms with Crippen molar-refractivity contribution in [1.29, 1.82) is 0 Å². The second-order valence-corrected chi connectivity index (χ2v) is 3.88. The van der Waals surface area contributed by atoms with Crippen LogP contribution in [0.25, 0.3) is 0 Å². The van der Waals surface area contributed by atoms with E-state index in [0.29, 0.717) is 0 Å². The second-order valence-electron chi connectivity index (χ2n) is 3.88. The molecule has 0 aromatic heterocycles. The van der Waals surface area contributed by atoms with E-state index in [-0.39, 0.29) is 11.5 Å². The standard InChI is InChI=1S/C12H15NO6/c1-7(14)11(12(17)18)13-10(16)6-19-9-5-3-2-4-8(9)15/h2-5,7,11,14-15H,6H2,1H3,(H,13,16)(H,17,18). The van der Waals surface area contributed by atoms with Crippen molar-refractivity contribution in [2.45, 2.75) is 19.1 Å². The molecule has 0 spiro atoms. The largest absolute Gasteiger partial charge is 0.504 e. The maximum atomic E-state index is 11.5. The van der Waals surface area contributed by atoms with Crippen LogP contribution in [0.3, 0.4) is 0 Å². The van der Waals surface area contributed by atoms with E-state index in [9.17, 15) is 19.8 Å². The molecule has 4 N–H and O–H groups in total. The van der Waals surface area contributed by atoms with Crippen LogP contribution >= 0.6 is 0 Å². The summed E-state index contributed by atoms with van der Waals surface area (Å²) < 4.78 is 5.02. The molecule has 1 amide bonds. The minimum absolute atomic E-state index is 0.113. The molecule has 19 heavy (non-hydrogen) atoms. The van der Waals surface area contributed by atoms with Crippen molar-refractivity contribution in [2.24, 2.45) is 0 Å². The number of aliphatic hydroxyl groups excluding tert-OH is 1. The van der Waals surface area contributed by atoms with Crippen molar-refractivity contribution in [3.8, 4) is 11.5 Å². The molecule has 0 saturated carbocycles. The highest BCUT2D eigenvalue weighted by Gasteiger charge is 2.25. The summed E-state index contributed by atoms with van der Waals surface area (Å²) in [5, 5.41) is 29.5. The second kappa shape index (κ2) is 6.60. The minimum atomic E-state index is -1.40. The average Bonchev–Trinajstić information content (AvgIpc) is 2.34. The van der Waals surface area contributed by atoms with Gasteiger partial charge < -0.3 is 25.4 Å². The summed E-state index contributed by atoms with van der Waals surface area (Å²) in [5.41, 5.74) is 0. The summed E-state index contributed by atoms with van der Waals surface area (Å²) in [5.74, 6) is -2.07. The van der Waals surface area contributed by atoms with Crippen molar-refractivity contribution >= 4 is 11.9 Å². The number of hydrogen-bond donors (Lipinski definition) is 4. The van der Waals surface area contributed by atoms with Gasteiger partial charge in [0.25, 0.3) is 5.91 Å². The van der Waals surface area contributed by atoms with Crippen molar-refractivity contribution in [1.82, 2.24) is 5.32 Å². The molecule has 0 heterocycles. The smallest absolute Gasteiger partial charge is 0.328 e. The third-order valence-corrected chi connectivity index (χ3v) is 2.29. The number of carbonyl (C=O) groups is 2. The Morgan fingerprint density at radius 3 is 2.53 bits per heavy atom. The summed E-state index contributed by atoms with van der Waals surface area (Å²) in [6, 6.07) is 4.66. The highest BCUT2D eigenvalue weighted by atomic mass is 16.5. The minimum Gasteiger partial charge on any atom is -0.504 e. The first kappa shape index (κ1) is 14.8. The van der Waals surface area contributed by atoms with E-state index < -0.39 is 30.6 Å². The number of nitrogens with one attached hydrogen (secondary N) is 1. The number of carboxylic acid groups (broad SMARTS) is 1. The molecular weight excluding hydrogens is 254 g/mol. The normalized spacial score (nSPS) is 13.4. The molecule has 1 aromatic carbocycles. The maximum Gasteiger partial charge on any atom is 0.328 e. The molecule has 7 nitrogen and oxygen atoms in total. The molecule has 0 saturated heterocycles. The van der Waals surface area contributed by atoms with Gasteiger partial charge in [-0.2, -0.15) is 0 Å². The lowest BCUT2D eigenvalue weighted by atomic mass is 10.2. The first-order chi connectivity index (χ1) is 8.91. The van der Waals surface area contributed by atoms with Crippen LogP contribution in [-0.4, -0.2) is 45.9 Å². The number of carboxylic acids is 1. The quantitative estimate of drug-likeness (QED) is 0.564. The Kier molecular flexibility index (Phi) is 5.13. The highest BCUT2D eigenvalue weighted by Crippen LogP contribution is 2.23. The van der Waals surface area contributed by atoms with Gasteiger partial charge in [0.1, 0.15) is 0 Å². The number of aromatic hydroxyl groups is 1. The topological polar surface area (TPSA) is 116 Å². The van der Waals surface area contributed by atoms with Gasteiger partial charge in [-0.1, -0.05) is 12.1 Å². The predicted molar refractivity (Wildman–Crippen MR) is 64.8 cm³/mol. The molecule has 2 unspecified atom stereocenters. The third kappa shape index (κ3) is 4.47. The first-order valence-corrected chi connectivity index (χ1v) is 5.53. The fraction of sp³-hybridized carbons (Fsp3) is 0.333. The van der Waals surface area contributed by atoms with Crippen molar-refractivity contribution in [3.63, 3.8) is 0 Å². The Labute approximate surface area is 109 Å². The number of rotatable bonds is 6. The maximum absolute atomic E-state index is 11.5. The van der Waals surface area contributed by atoms with Crippen LogP contribution in [0, 0.1) is 0 Å². The van der Waals surface area contributed by atoms with Gasteiger partial charge in [-0.15, -0.1) is 0 Å². The Balaban J connectivity index is 2.52. The molecule has 0 aliphatic rings. The molecule has 1 rings (SSSR count). The average molecular weight is 269 g/mol. The SMILES string of the molecule is CC(O)C(NC(=O)COc1ccccc1O)C(=O)O. The van der Waals surface area contributed by atoms with Gasteiger partial charge in [0.15, 0.2) is 24.1 Å². The van der Waals surface area contributed by atoms with Gasteiger partial charge in [-0.3, -0.25) is 4.79 Å². The molecule has 1 aromatic rings. The summed E-state index contributed by atoms with van der Waals surface area (Å²) in [6.45, 7) is 0.789. The van der Waals surface area contributed by atoms with Gasteiger partial charge >= 0.3 is 5.97 Å². The number of hydrogen-bond acceptors (Lipinski definition) is 5. The van der Waals surface area contributed by atoms with Gasteiger partial charge in [-0.05, 0) is 19.1 Å². The summed E-state index contributed by atoms with van der Waals surface area (Å²) in [6.07, 6.45) is -1.23. The predicted octanol–water partition coefficient (Wildman–Crippen LogP) is -0.279. The number of para-hydroxylation sites is 2. The number of carbonyl (C=O) groups excluding carboxylic acids is 1. The van der Waals surface area contributed by atoms with Crippen molar-refractivity contribution in [2.75, 3.05) is 6.61 Å². The van der Waals surface area contributed by atoms with Crippen LogP contribution in [0.15, 0.2) is 24.3 Å². The van der Waals surface area contributed by atoms with Crippen LogP contribution in [-0.2, 0) is 9.59 Å². The lowest BCUT2D eigenvalue weighted by Gasteiger charge is -2.17. The molecule has 0 aliphatic heterocycles. The number of phenols is 1. The van der Waals surface area contributed by atoms with Crippen molar-refractivity contribution < 1.29 is 29.6 Å². The Morgan fingerprint density at radius 2 is 2.00 bits per heavy atom. The van der Waals surface area contributed by atoms with Crippen LogP contribution < -0.4 is 10.1 Å². The molecule has 0 bridgehead atoms. The van der Waals surface area contributed by atoms with E-state index in [2.05, 4.69) is 5.32 Å². The molecule has 2 atom stereocenters. The summed E-state index contributed by atoms with van der Waals surface area (Å²) in [7, 11) is 0. The van der Waals surface area contributed by atoms with Crippen LogP contribution in [0.2, 0.25) is 0 Å². The number of aliphatic hydroxyl groups is 1. The number of amides is 1. The zero-order chi connectivity index (χ0) is 14.4. The van der Waals surface area contributed by atoms with E-state index in [4.69, 9.17) is 9.84 Å². The molecule has 0 radical (unpaired) electrons. The number of phenolic OH excluding ortho intramolecular Hbond substituents is 1. The highest BCUT2D eigenvalue weighted by molar-refractivity contribution is 5.84. The molecule has 0 fully saturated rings. The molecule has 104 valence electrons. The first-order valence-electron chi connectivity index (χ1n) is 5.53. The zero-order valence-electron chi connectivity index (χ0n) is 10.2. The van der Waals surface area contributed by atoms with Gasteiger partial charge in [0.05, 0.1) is 6.10 Å². The molecule has 7 heteroatoms. The Morgan fingerprint density at radius 1 is 1.37 bits per heavy atom. The zero-order valence-corrected chi connectivity index (χ0v) is 10.2. The van der Waals surface area contributed by atoms with Crippen molar-refractivity contribution in [3.05, 3.63) is 24.3 Å². The van der Waals surface area contributed by atoms with Crippen LogP contribution in [0.4, 0.5) is 0 Å². The van der Waals surface area contributed by atoms with Crippen LogP contribution in [0.1, 0.15) is 6.92 Å². The Bertz CT molecular complexity index is 459. The van der Waals surface area contributed by atoms with Gasteiger partial charge in [-0.25, -0.2) is 4.79 Å². The summed E-state index contributed by atoms with van der Waals surface area (Å²) in [4.78, 5) is 22.2. The van der Waals surface area contributed by atoms with Crippen LogP contribution in [0.5, 0.6) is 11.5 Å². The van der Waals surface area contributed by atoms with E-state index in [1.165, 1.54) is 19.1 Å². The number of benzene rings is 1. The van der Waals surface area contributed by atoms with E-state index in [1.54, 1.807) is 12.1 Å². The number of aliphatic carboxylic acids is 1. The Hall–Kier alpha value is -2.28. The summed E-state index contributed by atoms with van der Waals surface area (Å²) >= 11 is 0. The third-order valence-electron chi connectivity index (χ3n) is 2.29. The fourth-order valence-corrected chi connectivity index (χ4v) is 1.33. The number of ether oxygens (including phenoxy) is 1. The monoisotopic (exact) mass is 269 g/mol. The van der Waals surface area contributed by atoms with E-state index in [0.717, 1.165) is 0 Å². The van der Waals surface area contributed by atoms with E-state index in [1.807, 2.05) is 0 Å². The fourth-order valence-electron chi connectivity index (χ4n) is 1.33. The van der Waals surface area contributed by atoms with Gasteiger partial charge in [0, 0.05) is 0 Å². The molecular formula is C12H15NO6. The lowest BCUT2D eigenvalue weighted by Crippen LogP contribution is -2.49. The van der Waals surface area contributed by atoms with E-state index >= 15 is 0 Å².